The van der Waals surface area contributed by atoms with Gasteiger partial charge in [-0.3, -0.25) is 0 Å². The molecule has 2 amide bonds. The molecule has 76 valence electrons. The van der Waals surface area contributed by atoms with Crippen LogP contribution in [0.4, 0.5) is 14.9 Å². The summed E-state index contributed by atoms with van der Waals surface area (Å²) in [7, 11) is 3.23. The lowest BCUT2D eigenvalue weighted by atomic mass is 10.3. The predicted octanol–water partition coefficient (Wildman–Crippen LogP) is 2.68. The highest BCUT2D eigenvalue weighted by molar-refractivity contribution is 9.10. The van der Waals surface area contributed by atoms with Crippen molar-refractivity contribution in [3.05, 3.63) is 28.5 Å². The molecule has 0 bridgehead atoms. The molecule has 1 N–H and O–H groups in total. The summed E-state index contributed by atoms with van der Waals surface area (Å²) < 4.78 is 13.4. The van der Waals surface area contributed by atoms with Crippen molar-refractivity contribution in [2.75, 3.05) is 19.4 Å². The van der Waals surface area contributed by atoms with Crippen molar-refractivity contribution in [2.45, 2.75) is 0 Å². The molecule has 0 aromatic heterocycles. The van der Waals surface area contributed by atoms with Crippen LogP contribution in [0.5, 0.6) is 0 Å². The molecular formula is C9H10BrFN2O. The number of benzene rings is 1. The molecule has 0 spiro atoms. The number of hydrogen-bond acceptors (Lipinski definition) is 1. The van der Waals surface area contributed by atoms with E-state index < -0.39 is 5.82 Å². The molecule has 0 aliphatic heterocycles. The van der Waals surface area contributed by atoms with Gasteiger partial charge < -0.3 is 10.2 Å². The first-order chi connectivity index (χ1) is 6.50. The topological polar surface area (TPSA) is 32.3 Å². The van der Waals surface area contributed by atoms with Gasteiger partial charge in [0.15, 0.2) is 0 Å². The number of carbonyl (C=O) groups is 1. The predicted molar refractivity (Wildman–Crippen MR) is 56.8 cm³/mol. The van der Waals surface area contributed by atoms with Gasteiger partial charge in [-0.25, -0.2) is 9.18 Å². The number of nitrogens with one attached hydrogen (secondary N) is 1. The van der Waals surface area contributed by atoms with Crippen LogP contribution in [0.3, 0.4) is 0 Å². The normalized spacial score (nSPS) is 9.71. The number of anilines is 1. The van der Waals surface area contributed by atoms with Crippen LogP contribution in [-0.4, -0.2) is 25.0 Å². The van der Waals surface area contributed by atoms with Crippen LogP contribution >= 0.6 is 15.9 Å². The molecule has 1 rings (SSSR count). The summed E-state index contributed by atoms with van der Waals surface area (Å²) in [6, 6.07) is 4.13. The van der Waals surface area contributed by atoms with Crippen molar-refractivity contribution < 1.29 is 9.18 Å². The second-order valence-corrected chi connectivity index (χ2v) is 3.81. The number of rotatable bonds is 1. The molecule has 1 aromatic carbocycles. The van der Waals surface area contributed by atoms with Crippen molar-refractivity contribution in [3.63, 3.8) is 0 Å². The molecule has 0 atom stereocenters. The van der Waals surface area contributed by atoms with Gasteiger partial charge in [0.25, 0.3) is 0 Å². The molecular weight excluding hydrogens is 251 g/mol. The summed E-state index contributed by atoms with van der Waals surface area (Å²) >= 11 is 3.03. The molecule has 0 aliphatic carbocycles. The Morgan fingerprint density at radius 2 is 2.14 bits per heavy atom. The van der Waals surface area contributed by atoms with Gasteiger partial charge in [-0.2, -0.15) is 0 Å². The molecule has 0 unspecified atom stereocenters. The largest absolute Gasteiger partial charge is 0.331 e. The van der Waals surface area contributed by atoms with E-state index in [4.69, 9.17) is 0 Å². The highest BCUT2D eigenvalue weighted by Crippen LogP contribution is 2.19. The van der Waals surface area contributed by atoms with Crippen molar-refractivity contribution in [3.8, 4) is 0 Å². The minimum absolute atomic E-state index is 0.285. The summed E-state index contributed by atoms with van der Waals surface area (Å²) in [4.78, 5) is 12.6. The van der Waals surface area contributed by atoms with Crippen LogP contribution in [-0.2, 0) is 0 Å². The van der Waals surface area contributed by atoms with E-state index >= 15 is 0 Å². The fraction of sp³-hybridized carbons (Fsp3) is 0.222. The maximum absolute atomic E-state index is 13.0. The first kappa shape index (κ1) is 11.0. The van der Waals surface area contributed by atoms with Crippen molar-refractivity contribution in [1.29, 1.82) is 0 Å². The van der Waals surface area contributed by atoms with E-state index in [0.29, 0.717) is 10.2 Å². The SMILES string of the molecule is CN(C)C(=O)Nc1ccc(Br)c(F)c1. The Morgan fingerprint density at radius 1 is 1.50 bits per heavy atom. The van der Waals surface area contributed by atoms with Crippen LogP contribution < -0.4 is 5.32 Å². The first-order valence-electron chi connectivity index (χ1n) is 3.94. The van der Waals surface area contributed by atoms with E-state index in [1.807, 2.05) is 0 Å². The zero-order chi connectivity index (χ0) is 10.7. The van der Waals surface area contributed by atoms with Gasteiger partial charge in [0, 0.05) is 19.8 Å². The molecule has 1 aromatic rings. The van der Waals surface area contributed by atoms with Crippen LogP contribution in [0.15, 0.2) is 22.7 Å². The third-order valence-corrected chi connectivity index (χ3v) is 2.22. The van der Waals surface area contributed by atoms with Crippen molar-refractivity contribution in [2.24, 2.45) is 0 Å². The quantitative estimate of drug-likeness (QED) is 0.828. The molecule has 0 radical (unpaired) electrons. The maximum Gasteiger partial charge on any atom is 0.321 e. The third kappa shape index (κ3) is 2.70. The lowest BCUT2D eigenvalue weighted by Gasteiger charge is -2.11. The molecule has 0 saturated carbocycles. The Balaban J connectivity index is 2.78. The van der Waals surface area contributed by atoms with Gasteiger partial charge in [0.05, 0.1) is 4.47 Å². The Bertz CT molecular complexity index is 355. The van der Waals surface area contributed by atoms with E-state index in [1.54, 1.807) is 26.2 Å². The second kappa shape index (κ2) is 4.41. The summed E-state index contributed by atoms with van der Waals surface area (Å²) in [5.74, 6) is -0.401. The molecule has 0 heterocycles. The van der Waals surface area contributed by atoms with Crippen LogP contribution in [0, 0.1) is 5.82 Å². The third-order valence-electron chi connectivity index (χ3n) is 1.58. The number of carbonyl (C=O) groups excluding carboxylic acids is 1. The van der Waals surface area contributed by atoms with Gasteiger partial charge in [-0.1, -0.05) is 0 Å². The van der Waals surface area contributed by atoms with Crippen LogP contribution in [0.2, 0.25) is 0 Å². The number of nitrogens with zero attached hydrogens (tertiary/aromatic N) is 1. The minimum Gasteiger partial charge on any atom is -0.331 e. The summed E-state index contributed by atoms with van der Waals surface area (Å²) in [6.45, 7) is 0. The van der Waals surface area contributed by atoms with Crippen LogP contribution in [0.1, 0.15) is 0 Å². The van der Waals surface area contributed by atoms with E-state index in [2.05, 4.69) is 21.2 Å². The zero-order valence-electron chi connectivity index (χ0n) is 7.84. The van der Waals surface area contributed by atoms with E-state index in [0.717, 1.165) is 0 Å². The number of urea groups is 1. The van der Waals surface area contributed by atoms with Gasteiger partial charge in [-0.05, 0) is 34.1 Å². The second-order valence-electron chi connectivity index (χ2n) is 2.95. The molecule has 0 fully saturated rings. The average Bonchev–Trinajstić information content (AvgIpc) is 2.11. The average molecular weight is 261 g/mol. The first-order valence-corrected chi connectivity index (χ1v) is 4.73. The number of hydrogen-bond donors (Lipinski definition) is 1. The van der Waals surface area contributed by atoms with Gasteiger partial charge in [0.1, 0.15) is 5.82 Å². The minimum atomic E-state index is -0.401. The standard InChI is InChI=1S/C9H10BrFN2O/c1-13(2)9(14)12-6-3-4-7(10)8(11)5-6/h3-5H,1-2H3,(H,12,14). The van der Waals surface area contributed by atoms with Crippen molar-refractivity contribution >= 4 is 27.6 Å². The molecule has 0 saturated heterocycles. The van der Waals surface area contributed by atoms with E-state index in [9.17, 15) is 9.18 Å². The molecule has 0 aliphatic rings. The summed E-state index contributed by atoms with van der Waals surface area (Å²) in [5.41, 5.74) is 0.435. The molecule has 3 nitrogen and oxygen atoms in total. The van der Waals surface area contributed by atoms with Gasteiger partial charge in [0.2, 0.25) is 0 Å². The Kier molecular flexibility index (Phi) is 3.46. The van der Waals surface area contributed by atoms with Gasteiger partial charge >= 0.3 is 6.03 Å². The number of halogens is 2. The fourth-order valence-electron chi connectivity index (χ4n) is 0.809. The lowest BCUT2D eigenvalue weighted by Crippen LogP contribution is -2.27. The van der Waals surface area contributed by atoms with Crippen molar-refractivity contribution in [1.82, 2.24) is 4.90 Å². The summed E-state index contributed by atoms with van der Waals surface area (Å²) in [5, 5.41) is 2.54. The Morgan fingerprint density at radius 3 is 2.64 bits per heavy atom. The summed E-state index contributed by atoms with van der Waals surface area (Å²) in [6.07, 6.45) is 0. The maximum atomic E-state index is 13.0. The molecule has 5 heteroatoms. The Hall–Kier alpha value is -1.10. The monoisotopic (exact) mass is 260 g/mol. The fourth-order valence-corrected chi connectivity index (χ4v) is 1.06. The van der Waals surface area contributed by atoms with E-state index in [-0.39, 0.29) is 6.03 Å². The highest BCUT2D eigenvalue weighted by Gasteiger charge is 2.05. The molecule has 14 heavy (non-hydrogen) atoms. The zero-order valence-corrected chi connectivity index (χ0v) is 9.43. The smallest absolute Gasteiger partial charge is 0.321 e. The Labute approximate surface area is 90.0 Å². The van der Waals surface area contributed by atoms with E-state index in [1.165, 1.54) is 11.0 Å². The number of amides is 2. The van der Waals surface area contributed by atoms with Crippen LogP contribution in [0.25, 0.3) is 0 Å². The van der Waals surface area contributed by atoms with Gasteiger partial charge in [-0.15, -0.1) is 0 Å². The lowest BCUT2D eigenvalue weighted by molar-refractivity contribution is 0.230. The highest BCUT2D eigenvalue weighted by atomic mass is 79.9.